The zero-order valence-corrected chi connectivity index (χ0v) is 16.8. The fraction of sp³-hybridized carbons (Fsp3) is 0.300. The number of aliphatic carboxylic acids is 1. The fourth-order valence-corrected chi connectivity index (χ4v) is 4.53. The third-order valence-electron chi connectivity index (χ3n) is 5.01. The summed E-state index contributed by atoms with van der Waals surface area (Å²) in [5, 5.41) is 8.75. The van der Waals surface area contributed by atoms with Crippen LogP contribution in [-0.4, -0.2) is 38.7 Å². The zero-order valence-electron chi connectivity index (χ0n) is 16.0. The molecule has 9 nitrogen and oxygen atoms in total. The molecule has 0 atom stereocenters. The molecule has 158 valence electrons. The summed E-state index contributed by atoms with van der Waals surface area (Å²) >= 11 is 0. The number of carboxylic acids is 1. The van der Waals surface area contributed by atoms with Gasteiger partial charge < -0.3 is 19.5 Å². The molecule has 0 fully saturated rings. The van der Waals surface area contributed by atoms with Gasteiger partial charge in [-0.05, 0) is 47.9 Å². The summed E-state index contributed by atoms with van der Waals surface area (Å²) in [6, 6.07) is 9.83. The van der Waals surface area contributed by atoms with E-state index in [0.717, 1.165) is 11.1 Å². The second kappa shape index (κ2) is 7.96. The van der Waals surface area contributed by atoms with Gasteiger partial charge in [-0.15, -0.1) is 0 Å². The van der Waals surface area contributed by atoms with Crippen molar-refractivity contribution in [3.05, 3.63) is 47.5 Å². The molecule has 0 bridgehead atoms. The number of fused-ring (bicyclic) bond motifs is 2. The van der Waals surface area contributed by atoms with E-state index in [1.165, 1.54) is 11.0 Å². The van der Waals surface area contributed by atoms with Gasteiger partial charge in [-0.1, -0.05) is 6.07 Å². The topological polar surface area (TPSA) is 122 Å². The van der Waals surface area contributed by atoms with Crippen LogP contribution in [0.1, 0.15) is 24.0 Å². The molecule has 1 amide bonds. The van der Waals surface area contributed by atoms with Crippen LogP contribution in [-0.2, 0) is 32.6 Å². The molecule has 2 aromatic carbocycles. The van der Waals surface area contributed by atoms with Crippen molar-refractivity contribution in [3.8, 4) is 11.5 Å². The highest BCUT2D eigenvalue weighted by Crippen LogP contribution is 2.33. The maximum atomic E-state index is 12.7. The predicted octanol–water partition coefficient (Wildman–Crippen LogP) is 1.65. The molecule has 0 radical (unpaired) electrons. The summed E-state index contributed by atoms with van der Waals surface area (Å²) in [4.78, 5) is 24.5. The molecule has 2 aliphatic heterocycles. The van der Waals surface area contributed by atoms with E-state index >= 15 is 0 Å². The van der Waals surface area contributed by atoms with Crippen LogP contribution in [0.4, 0.5) is 5.69 Å². The number of hydrogen-bond donors (Lipinski definition) is 2. The standard InChI is InChI=1S/C20H20N2O7S/c23-19(5-6-20(24)25)22-8-7-14-10-15(2-3-16(14)22)30(26,27)21-11-13-1-4-17-18(9-13)29-12-28-17/h1-4,9-10,21H,5-8,11-12H2,(H,24,25). The van der Waals surface area contributed by atoms with Crippen molar-refractivity contribution in [2.75, 3.05) is 18.2 Å². The first kappa shape index (κ1) is 20.2. The van der Waals surface area contributed by atoms with Crippen molar-refractivity contribution in [1.82, 2.24) is 4.72 Å². The Morgan fingerprint density at radius 3 is 2.67 bits per heavy atom. The molecule has 2 N–H and O–H groups in total. The summed E-state index contributed by atoms with van der Waals surface area (Å²) in [7, 11) is -3.76. The van der Waals surface area contributed by atoms with Gasteiger partial charge in [-0.25, -0.2) is 13.1 Å². The van der Waals surface area contributed by atoms with Crippen molar-refractivity contribution < 1.29 is 32.6 Å². The van der Waals surface area contributed by atoms with Gasteiger partial charge in [-0.3, -0.25) is 9.59 Å². The molecule has 0 saturated carbocycles. The Morgan fingerprint density at radius 1 is 1.07 bits per heavy atom. The first-order valence-corrected chi connectivity index (χ1v) is 10.8. The minimum Gasteiger partial charge on any atom is -0.481 e. The molecule has 2 heterocycles. The van der Waals surface area contributed by atoms with Gasteiger partial charge in [0.15, 0.2) is 11.5 Å². The number of nitrogens with one attached hydrogen (secondary N) is 1. The Balaban J connectivity index is 1.45. The van der Waals surface area contributed by atoms with E-state index in [1.54, 1.807) is 30.3 Å². The van der Waals surface area contributed by atoms with E-state index in [2.05, 4.69) is 4.72 Å². The lowest BCUT2D eigenvalue weighted by Gasteiger charge is -2.17. The van der Waals surface area contributed by atoms with Crippen LogP contribution in [0.15, 0.2) is 41.3 Å². The van der Waals surface area contributed by atoms with Crippen LogP contribution in [0.25, 0.3) is 0 Å². The lowest BCUT2D eigenvalue weighted by Crippen LogP contribution is -2.29. The number of amides is 1. The predicted molar refractivity (Wildman–Crippen MR) is 106 cm³/mol. The van der Waals surface area contributed by atoms with Crippen LogP contribution in [0.2, 0.25) is 0 Å². The second-order valence-corrected chi connectivity index (χ2v) is 8.76. The molecule has 10 heteroatoms. The quantitative estimate of drug-likeness (QED) is 0.682. The average molecular weight is 432 g/mol. The molecule has 0 aromatic heterocycles. The number of carbonyl (C=O) groups excluding carboxylic acids is 1. The van der Waals surface area contributed by atoms with Gasteiger partial charge in [0.05, 0.1) is 11.3 Å². The number of anilines is 1. The third-order valence-corrected chi connectivity index (χ3v) is 6.41. The first-order valence-electron chi connectivity index (χ1n) is 9.37. The number of carboxylic acid groups (broad SMARTS) is 1. The molecule has 0 aliphatic carbocycles. The number of ether oxygens (including phenoxy) is 2. The van der Waals surface area contributed by atoms with E-state index in [0.29, 0.717) is 30.2 Å². The minimum atomic E-state index is -3.76. The molecule has 0 unspecified atom stereocenters. The summed E-state index contributed by atoms with van der Waals surface area (Å²) in [6.07, 6.45) is 0.187. The van der Waals surface area contributed by atoms with Crippen molar-refractivity contribution in [2.24, 2.45) is 0 Å². The molecule has 0 saturated heterocycles. The number of rotatable bonds is 7. The number of benzene rings is 2. The fourth-order valence-electron chi connectivity index (χ4n) is 3.47. The monoisotopic (exact) mass is 432 g/mol. The average Bonchev–Trinajstić information content (AvgIpc) is 3.36. The molecule has 30 heavy (non-hydrogen) atoms. The SMILES string of the molecule is O=C(O)CCC(=O)N1CCc2cc(S(=O)(=O)NCc3ccc4c(c3)OCO4)ccc21. The summed E-state index contributed by atoms with van der Waals surface area (Å²) < 4.78 is 38.6. The van der Waals surface area contributed by atoms with Crippen molar-refractivity contribution in [2.45, 2.75) is 30.7 Å². The van der Waals surface area contributed by atoms with Crippen molar-refractivity contribution >= 4 is 27.6 Å². The highest BCUT2D eigenvalue weighted by Gasteiger charge is 2.27. The number of sulfonamides is 1. The number of nitrogens with zero attached hydrogens (tertiary/aromatic N) is 1. The van der Waals surface area contributed by atoms with Gasteiger partial charge >= 0.3 is 5.97 Å². The first-order chi connectivity index (χ1) is 14.3. The van der Waals surface area contributed by atoms with Crippen LogP contribution in [0.5, 0.6) is 11.5 Å². The highest BCUT2D eigenvalue weighted by atomic mass is 32.2. The smallest absolute Gasteiger partial charge is 0.303 e. The third kappa shape index (κ3) is 4.10. The molecule has 4 rings (SSSR count). The normalized spacial score (nSPS) is 14.6. The van der Waals surface area contributed by atoms with E-state index < -0.39 is 16.0 Å². The van der Waals surface area contributed by atoms with Gasteiger partial charge in [0.1, 0.15) is 0 Å². The summed E-state index contributed by atoms with van der Waals surface area (Å²) in [6.45, 7) is 0.646. The van der Waals surface area contributed by atoms with Gasteiger partial charge in [0, 0.05) is 25.2 Å². The van der Waals surface area contributed by atoms with E-state index in [4.69, 9.17) is 14.6 Å². The van der Waals surface area contributed by atoms with Crippen molar-refractivity contribution in [1.29, 1.82) is 0 Å². The van der Waals surface area contributed by atoms with Crippen LogP contribution in [0, 0.1) is 0 Å². The zero-order chi connectivity index (χ0) is 21.3. The molecule has 2 aromatic rings. The Hall–Kier alpha value is -3.11. The van der Waals surface area contributed by atoms with E-state index in [1.807, 2.05) is 0 Å². The number of carbonyl (C=O) groups is 2. The Bertz CT molecular complexity index is 1110. The Kier molecular flexibility index (Phi) is 5.35. The molecular formula is C20H20N2O7S. The van der Waals surface area contributed by atoms with E-state index in [9.17, 15) is 18.0 Å². The lowest BCUT2D eigenvalue weighted by molar-refractivity contribution is -0.138. The highest BCUT2D eigenvalue weighted by molar-refractivity contribution is 7.89. The van der Waals surface area contributed by atoms with Crippen LogP contribution >= 0.6 is 0 Å². The van der Waals surface area contributed by atoms with Crippen LogP contribution in [0.3, 0.4) is 0 Å². The second-order valence-electron chi connectivity index (χ2n) is 6.99. The Labute approximate surface area is 173 Å². The largest absolute Gasteiger partial charge is 0.481 e. The lowest BCUT2D eigenvalue weighted by atomic mass is 10.2. The summed E-state index contributed by atoms with van der Waals surface area (Å²) in [5.41, 5.74) is 2.10. The summed E-state index contributed by atoms with van der Waals surface area (Å²) in [5.74, 6) is -0.106. The van der Waals surface area contributed by atoms with Gasteiger partial charge in [0.25, 0.3) is 0 Å². The maximum Gasteiger partial charge on any atom is 0.303 e. The number of hydrogen-bond acceptors (Lipinski definition) is 6. The molecule has 2 aliphatic rings. The molecular weight excluding hydrogens is 412 g/mol. The van der Waals surface area contributed by atoms with E-state index in [-0.39, 0.29) is 37.0 Å². The van der Waals surface area contributed by atoms with Crippen LogP contribution < -0.4 is 19.1 Å². The van der Waals surface area contributed by atoms with Gasteiger partial charge in [-0.2, -0.15) is 0 Å². The van der Waals surface area contributed by atoms with Gasteiger partial charge in [0.2, 0.25) is 22.7 Å². The molecule has 0 spiro atoms. The van der Waals surface area contributed by atoms with Crippen molar-refractivity contribution in [3.63, 3.8) is 0 Å². The maximum absolute atomic E-state index is 12.7. The Morgan fingerprint density at radius 2 is 1.87 bits per heavy atom. The minimum absolute atomic E-state index is 0.0914.